The second-order valence-electron chi connectivity index (χ2n) is 4.77. The zero-order valence-electron chi connectivity index (χ0n) is 9.74. The van der Waals surface area contributed by atoms with Crippen molar-refractivity contribution in [2.45, 2.75) is 24.7 Å². The molecule has 1 fully saturated rings. The van der Waals surface area contributed by atoms with Crippen LogP contribution in [-0.2, 0) is 10.0 Å². The third kappa shape index (κ3) is 3.09. The molecule has 0 radical (unpaired) electrons. The lowest BCUT2D eigenvalue weighted by molar-refractivity contribution is 0.538. The fourth-order valence-corrected chi connectivity index (χ4v) is 3.50. The highest BCUT2D eigenvalue weighted by Crippen LogP contribution is 2.46. The van der Waals surface area contributed by atoms with Crippen LogP contribution in [0.5, 0.6) is 0 Å². The summed E-state index contributed by atoms with van der Waals surface area (Å²) in [5.74, 6) is 0. The van der Waals surface area contributed by atoms with Gasteiger partial charge in [-0.3, -0.25) is 0 Å². The number of nitrogens with one attached hydrogen (secondary N) is 1. The van der Waals surface area contributed by atoms with E-state index in [1.165, 1.54) is 0 Å². The topological polar surface area (TPSA) is 46.2 Å². The number of hydrogen-bond acceptors (Lipinski definition) is 2. The Hall–Kier alpha value is -0.390. The number of aryl methyl sites for hydroxylation is 1. The predicted octanol–water partition coefficient (Wildman–Crippen LogP) is 2.45. The summed E-state index contributed by atoms with van der Waals surface area (Å²) in [6.07, 6.45) is 2.18. The van der Waals surface area contributed by atoms with Gasteiger partial charge in [0.05, 0.1) is 4.90 Å². The van der Waals surface area contributed by atoms with Gasteiger partial charge in [-0.15, -0.1) is 0 Å². The normalized spacial score (nSPS) is 18.0. The van der Waals surface area contributed by atoms with Crippen LogP contribution in [0.25, 0.3) is 0 Å². The molecule has 0 atom stereocenters. The Bertz CT molecular complexity index is 492. The van der Waals surface area contributed by atoms with Gasteiger partial charge in [0.15, 0.2) is 0 Å². The van der Waals surface area contributed by atoms with Crippen molar-refractivity contribution in [3.63, 3.8) is 0 Å². The maximum absolute atomic E-state index is 12.0. The molecule has 1 aliphatic rings. The fourth-order valence-electron chi connectivity index (χ4n) is 1.58. The monoisotopic (exact) mass is 317 g/mol. The summed E-state index contributed by atoms with van der Waals surface area (Å²) in [6.45, 7) is 2.46. The van der Waals surface area contributed by atoms with Crippen LogP contribution in [0.1, 0.15) is 18.4 Å². The molecule has 5 heteroatoms. The van der Waals surface area contributed by atoms with Crippen molar-refractivity contribution < 1.29 is 8.42 Å². The summed E-state index contributed by atoms with van der Waals surface area (Å²) in [5, 5.41) is 0.858. The lowest BCUT2D eigenvalue weighted by Gasteiger charge is -2.13. The number of alkyl halides is 1. The predicted molar refractivity (Wildman–Crippen MR) is 71.8 cm³/mol. The Morgan fingerprint density at radius 3 is 2.35 bits per heavy atom. The van der Waals surface area contributed by atoms with Crippen LogP contribution in [0.2, 0.25) is 0 Å². The highest BCUT2D eigenvalue weighted by Gasteiger charge is 2.42. The lowest BCUT2D eigenvalue weighted by atomic mass is 10.1. The Morgan fingerprint density at radius 1 is 1.29 bits per heavy atom. The molecule has 0 amide bonds. The van der Waals surface area contributed by atoms with Crippen LogP contribution in [0.4, 0.5) is 0 Å². The molecule has 0 heterocycles. The Labute approximate surface area is 111 Å². The van der Waals surface area contributed by atoms with Crippen LogP contribution >= 0.6 is 15.9 Å². The first kappa shape index (κ1) is 13.1. The molecule has 1 N–H and O–H groups in total. The quantitative estimate of drug-likeness (QED) is 0.848. The van der Waals surface area contributed by atoms with E-state index in [2.05, 4.69) is 20.7 Å². The zero-order valence-corrected chi connectivity index (χ0v) is 12.1. The summed E-state index contributed by atoms with van der Waals surface area (Å²) >= 11 is 3.43. The summed E-state index contributed by atoms with van der Waals surface area (Å²) in [5.41, 5.74) is 1.21. The maximum atomic E-state index is 12.0. The van der Waals surface area contributed by atoms with Gasteiger partial charge >= 0.3 is 0 Å². The van der Waals surface area contributed by atoms with Crippen LogP contribution in [0.15, 0.2) is 29.2 Å². The minimum Gasteiger partial charge on any atom is -0.211 e. The molecule has 0 spiro atoms. The number of sulfonamides is 1. The molecule has 1 aromatic carbocycles. The van der Waals surface area contributed by atoms with Gasteiger partial charge in [0.2, 0.25) is 10.0 Å². The van der Waals surface area contributed by atoms with E-state index in [9.17, 15) is 8.42 Å². The van der Waals surface area contributed by atoms with Crippen molar-refractivity contribution >= 4 is 26.0 Å². The van der Waals surface area contributed by atoms with E-state index < -0.39 is 10.0 Å². The molecular formula is C12H16BrNO2S. The molecule has 1 aliphatic carbocycles. The zero-order chi connectivity index (χ0) is 12.5. The molecule has 1 saturated carbocycles. The third-order valence-electron chi connectivity index (χ3n) is 3.21. The first-order valence-corrected chi connectivity index (χ1v) is 8.20. The minimum atomic E-state index is -3.35. The van der Waals surface area contributed by atoms with E-state index in [-0.39, 0.29) is 5.41 Å². The van der Waals surface area contributed by atoms with Gasteiger partial charge < -0.3 is 0 Å². The minimum absolute atomic E-state index is 0.151. The van der Waals surface area contributed by atoms with Gasteiger partial charge in [-0.25, -0.2) is 13.1 Å². The Morgan fingerprint density at radius 2 is 1.88 bits per heavy atom. The summed E-state index contributed by atoms with van der Waals surface area (Å²) < 4.78 is 26.7. The first-order chi connectivity index (χ1) is 7.97. The number of rotatable bonds is 5. The molecule has 3 nitrogen and oxygen atoms in total. The molecule has 17 heavy (non-hydrogen) atoms. The molecule has 1 aromatic rings. The average molecular weight is 318 g/mol. The molecule has 94 valence electrons. The van der Waals surface area contributed by atoms with Crippen molar-refractivity contribution in [2.24, 2.45) is 5.41 Å². The van der Waals surface area contributed by atoms with Crippen molar-refractivity contribution in [2.75, 3.05) is 11.9 Å². The highest BCUT2D eigenvalue weighted by atomic mass is 79.9. The molecule has 0 bridgehead atoms. The van der Waals surface area contributed by atoms with Crippen molar-refractivity contribution in [1.82, 2.24) is 4.72 Å². The molecule has 2 rings (SSSR count). The molecule has 0 saturated heterocycles. The standard InChI is InChI=1S/C12H16BrNO2S/c1-10-2-4-11(5-3-10)17(15,16)14-9-12(8-13)6-7-12/h2-5,14H,6-9H2,1H3. The molecule has 0 unspecified atom stereocenters. The molecular weight excluding hydrogens is 302 g/mol. The van der Waals surface area contributed by atoms with Crippen molar-refractivity contribution in [1.29, 1.82) is 0 Å². The van der Waals surface area contributed by atoms with E-state index in [0.29, 0.717) is 11.4 Å². The van der Waals surface area contributed by atoms with Crippen LogP contribution in [-0.4, -0.2) is 20.3 Å². The average Bonchev–Trinajstić information content (AvgIpc) is 3.08. The van der Waals surface area contributed by atoms with Gasteiger partial charge in [-0.2, -0.15) is 0 Å². The largest absolute Gasteiger partial charge is 0.240 e. The second-order valence-corrected chi connectivity index (χ2v) is 7.10. The summed E-state index contributed by atoms with van der Waals surface area (Å²) in [6, 6.07) is 6.91. The van der Waals surface area contributed by atoms with Crippen LogP contribution in [0.3, 0.4) is 0 Å². The number of hydrogen-bond donors (Lipinski definition) is 1. The van der Waals surface area contributed by atoms with E-state index in [1.807, 2.05) is 19.1 Å². The molecule has 0 aromatic heterocycles. The Balaban J connectivity index is 2.06. The SMILES string of the molecule is Cc1ccc(S(=O)(=O)NCC2(CBr)CC2)cc1. The first-order valence-electron chi connectivity index (χ1n) is 5.60. The van der Waals surface area contributed by atoms with Gasteiger partial charge in [-0.05, 0) is 37.3 Å². The molecule has 0 aliphatic heterocycles. The van der Waals surface area contributed by atoms with E-state index in [4.69, 9.17) is 0 Å². The van der Waals surface area contributed by atoms with Gasteiger partial charge in [-0.1, -0.05) is 33.6 Å². The summed E-state index contributed by atoms with van der Waals surface area (Å²) in [4.78, 5) is 0.341. The summed E-state index contributed by atoms with van der Waals surface area (Å²) in [7, 11) is -3.35. The van der Waals surface area contributed by atoms with Gasteiger partial charge in [0, 0.05) is 11.9 Å². The lowest BCUT2D eigenvalue weighted by Crippen LogP contribution is -2.31. The second kappa shape index (κ2) is 4.71. The Kier molecular flexibility index (Phi) is 3.61. The smallest absolute Gasteiger partial charge is 0.211 e. The highest BCUT2D eigenvalue weighted by molar-refractivity contribution is 9.09. The van der Waals surface area contributed by atoms with E-state index >= 15 is 0 Å². The fraction of sp³-hybridized carbons (Fsp3) is 0.500. The third-order valence-corrected chi connectivity index (χ3v) is 5.82. The van der Waals surface area contributed by atoms with Crippen LogP contribution < -0.4 is 4.72 Å². The van der Waals surface area contributed by atoms with E-state index in [1.54, 1.807) is 12.1 Å². The van der Waals surface area contributed by atoms with Gasteiger partial charge in [0.25, 0.3) is 0 Å². The maximum Gasteiger partial charge on any atom is 0.240 e. The van der Waals surface area contributed by atoms with Gasteiger partial charge in [0.1, 0.15) is 0 Å². The number of halogens is 1. The van der Waals surface area contributed by atoms with Crippen LogP contribution in [0, 0.1) is 12.3 Å². The van der Waals surface area contributed by atoms with E-state index in [0.717, 1.165) is 23.7 Å². The number of benzene rings is 1. The van der Waals surface area contributed by atoms with Crippen molar-refractivity contribution in [3.05, 3.63) is 29.8 Å². The van der Waals surface area contributed by atoms with Crippen molar-refractivity contribution in [3.8, 4) is 0 Å².